The average Bonchev–Trinajstić information content (AvgIpc) is 3.23. The standard InChI is InChI=1S/C21H16N7/c1-13(27-21-19-20(24-11-23-19)25-12-26-21)15-10-14-6-2-3-7-16(14)28-18(15)17-8-4-5-9-22-17/h2-13H,1H3,(H-,23,24,25,26,27)/q-1. The van der Waals surface area contributed by atoms with Crippen molar-refractivity contribution in [3.05, 3.63) is 78.3 Å². The first-order valence-electron chi connectivity index (χ1n) is 8.95. The van der Waals surface area contributed by atoms with E-state index in [1.807, 2.05) is 43.3 Å². The Morgan fingerprint density at radius 1 is 0.964 bits per heavy atom. The molecule has 0 aliphatic carbocycles. The topological polar surface area (TPSA) is 94.3 Å². The molecule has 5 rings (SSSR count). The van der Waals surface area contributed by atoms with Crippen molar-refractivity contribution in [1.29, 1.82) is 0 Å². The van der Waals surface area contributed by atoms with E-state index in [2.05, 4.69) is 37.1 Å². The summed E-state index contributed by atoms with van der Waals surface area (Å²) in [7, 11) is 0. The molecule has 0 radical (unpaired) electrons. The van der Waals surface area contributed by atoms with Crippen LogP contribution in [-0.4, -0.2) is 29.9 Å². The number of H-pyrrole nitrogens is 1. The molecule has 0 bridgehead atoms. The van der Waals surface area contributed by atoms with E-state index in [0.29, 0.717) is 11.5 Å². The van der Waals surface area contributed by atoms with Crippen LogP contribution in [0.4, 0.5) is 5.82 Å². The third-order valence-electron chi connectivity index (χ3n) is 4.63. The van der Waals surface area contributed by atoms with Crippen LogP contribution in [0.1, 0.15) is 18.5 Å². The number of aromatic nitrogens is 6. The van der Waals surface area contributed by atoms with Crippen LogP contribution in [0, 0.1) is 0 Å². The molecule has 0 amide bonds. The molecule has 1 unspecified atom stereocenters. The lowest BCUT2D eigenvalue weighted by atomic mass is 10.0. The lowest BCUT2D eigenvalue weighted by Gasteiger charge is -2.25. The summed E-state index contributed by atoms with van der Waals surface area (Å²) >= 11 is 0. The Balaban J connectivity index is 1.63. The number of rotatable bonds is 4. The van der Waals surface area contributed by atoms with Crippen molar-refractivity contribution in [3.63, 3.8) is 0 Å². The Hall–Kier alpha value is -3.87. The Labute approximate surface area is 160 Å². The molecular formula is C21H16N7-. The Morgan fingerprint density at radius 2 is 1.86 bits per heavy atom. The third-order valence-corrected chi connectivity index (χ3v) is 4.63. The molecule has 0 spiro atoms. The number of hydrogen-bond acceptors (Lipinski definition) is 5. The molecule has 5 aromatic rings. The molecule has 0 fully saturated rings. The van der Waals surface area contributed by atoms with Gasteiger partial charge in [0, 0.05) is 17.9 Å². The van der Waals surface area contributed by atoms with Crippen LogP contribution in [0.15, 0.2) is 67.4 Å². The minimum Gasteiger partial charge on any atom is -0.456 e. The van der Waals surface area contributed by atoms with Crippen LogP contribution < -0.4 is 0 Å². The Bertz CT molecular complexity index is 1260. The van der Waals surface area contributed by atoms with E-state index in [-0.39, 0.29) is 6.04 Å². The molecule has 28 heavy (non-hydrogen) atoms. The van der Waals surface area contributed by atoms with Gasteiger partial charge in [-0.2, -0.15) is 0 Å². The first-order chi connectivity index (χ1) is 13.8. The number of imidazole rings is 1. The van der Waals surface area contributed by atoms with Gasteiger partial charge in [-0.1, -0.05) is 31.2 Å². The fraction of sp³-hybridized carbons (Fsp3) is 0.0952. The monoisotopic (exact) mass is 366 g/mol. The van der Waals surface area contributed by atoms with E-state index in [0.717, 1.165) is 33.4 Å². The molecule has 1 atom stereocenters. The second-order valence-electron chi connectivity index (χ2n) is 6.44. The van der Waals surface area contributed by atoms with Crippen LogP contribution in [0.2, 0.25) is 0 Å². The van der Waals surface area contributed by atoms with E-state index in [1.165, 1.54) is 6.33 Å². The molecule has 1 N–H and O–H groups in total. The molecule has 4 heterocycles. The average molecular weight is 366 g/mol. The Kier molecular flexibility index (Phi) is 3.90. The van der Waals surface area contributed by atoms with Gasteiger partial charge in [0.2, 0.25) is 0 Å². The minimum atomic E-state index is -0.185. The normalized spacial score (nSPS) is 12.3. The van der Waals surface area contributed by atoms with Crippen molar-refractivity contribution >= 4 is 27.9 Å². The van der Waals surface area contributed by atoms with Crippen LogP contribution in [0.25, 0.3) is 38.8 Å². The fourth-order valence-corrected chi connectivity index (χ4v) is 3.26. The van der Waals surface area contributed by atoms with Gasteiger partial charge in [0.25, 0.3) is 0 Å². The second kappa shape index (κ2) is 6.70. The maximum Gasteiger partial charge on any atom is 0.176 e. The quantitative estimate of drug-likeness (QED) is 0.496. The number of aromatic amines is 1. The smallest absolute Gasteiger partial charge is 0.176 e. The zero-order valence-electron chi connectivity index (χ0n) is 15.1. The first-order valence-corrected chi connectivity index (χ1v) is 8.95. The molecule has 0 saturated heterocycles. The predicted octanol–water partition coefficient (Wildman–Crippen LogP) is 4.73. The first kappa shape index (κ1) is 16.3. The van der Waals surface area contributed by atoms with Crippen LogP contribution in [0.3, 0.4) is 0 Å². The van der Waals surface area contributed by atoms with Crippen molar-refractivity contribution < 1.29 is 0 Å². The van der Waals surface area contributed by atoms with Gasteiger partial charge < -0.3 is 15.3 Å². The maximum absolute atomic E-state index is 4.89. The minimum absolute atomic E-state index is 0.185. The highest BCUT2D eigenvalue weighted by Gasteiger charge is 2.14. The van der Waals surface area contributed by atoms with E-state index >= 15 is 0 Å². The molecule has 0 aliphatic heterocycles. The summed E-state index contributed by atoms with van der Waals surface area (Å²) < 4.78 is 0. The van der Waals surface area contributed by atoms with Crippen molar-refractivity contribution in [2.45, 2.75) is 13.0 Å². The molecule has 1 aromatic carbocycles. The van der Waals surface area contributed by atoms with Gasteiger partial charge >= 0.3 is 0 Å². The van der Waals surface area contributed by atoms with Crippen molar-refractivity contribution in [1.82, 2.24) is 29.9 Å². The van der Waals surface area contributed by atoms with Gasteiger partial charge in [-0.05, 0) is 41.7 Å². The summed E-state index contributed by atoms with van der Waals surface area (Å²) in [4.78, 5) is 25.1. The summed E-state index contributed by atoms with van der Waals surface area (Å²) in [6, 6.07) is 15.8. The number of nitrogens with zero attached hydrogens (tertiary/aromatic N) is 6. The van der Waals surface area contributed by atoms with Crippen LogP contribution in [0.5, 0.6) is 0 Å². The summed E-state index contributed by atoms with van der Waals surface area (Å²) in [5.74, 6) is 0.579. The van der Waals surface area contributed by atoms with Crippen molar-refractivity contribution in [2.75, 3.05) is 0 Å². The highest BCUT2D eigenvalue weighted by molar-refractivity contribution is 5.86. The Morgan fingerprint density at radius 3 is 2.75 bits per heavy atom. The fourth-order valence-electron chi connectivity index (χ4n) is 3.26. The molecule has 7 heteroatoms. The summed E-state index contributed by atoms with van der Waals surface area (Å²) in [6.07, 6.45) is 4.85. The number of benzene rings is 1. The van der Waals surface area contributed by atoms with Crippen LogP contribution >= 0.6 is 0 Å². The number of hydrogen-bond donors (Lipinski definition) is 1. The van der Waals surface area contributed by atoms with E-state index in [9.17, 15) is 0 Å². The number of fused-ring (bicyclic) bond motifs is 2. The van der Waals surface area contributed by atoms with Gasteiger partial charge in [0.05, 0.1) is 28.7 Å². The van der Waals surface area contributed by atoms with Gasteiger partial charge in [-0.25, -0.2) is 15.0 Å². The zero-order chi connectivity index (χ0) is 18.9. The molecule has 4 aromatic heterocycles. The van der Waals surface area contributed by atoms with E-state index < -0.39 is 0 Å². The lowest BCUT2D eigenvalue weighted by molar-refractivity contribution is 0.920. The molecular weight excluding hydrogens is 350 g/mol. The third kappa shape index (κ3) is 2.83. The molecule has 136 valence electrons. The van der Waals surface area contributed by atoms with Gasteiger partial charge in [-0.15, -0.1) is 0 Å². The zero-order valence-corrected chi connectivity index (χ0v) is 15.1. The summed E-state index contributed by atoms with van der Waals surface area (Å²) in [5, 5.41) is 5.90. The second-order valence-corrected chi connectivity index (χ2v) is 6.44. The maximum atomic E-state index is 4.89. The number of nitrogens with one attached hydrogen (secondary N) is 1. The van der Waals surface area contributed by atoms with Crippen LogP contribution in [-0.2, 0) is 0 Å². The predicted molar refractivity (Wildman–Crippen MR) is 108 cm³/mol. The van der Waals surface area contributed by atoms with Crippen molar-refractivity contribution in [3.8, 4) is 11.4 Å². The van der Waals surface area contributed by atoms with E-state index in [1.54, 1.807) is 12.5 Å². The van der Waals surface area contributed by atoms with Crippen molar-refractivity contribution in [2.24, 2.45) is 0 Å². The van der Waals surface area contributed by atoms with Gasteiger partial charge in [-0.3, -0.25) is 4.98 Å². The van der Waals surface area contributed by atoms with Gasteiger partial charge in [0.15, 0.2) is 5.65 Å². The summed E-state index contributed by atoms with van der Waals surface area (Å²) in [6.45, 7) is 2.03. The lowest BCUT2D eigenvalue weighted by Crippen LogP contribution is -2.00. The number of pyridine rings is 2. The molecule has 0 saturated carbocycles. The van der Waals surface area contributed by atoms with E-state index in [4.69, 9.17) is 10.3 Å². The SMILES string of the molecule is CC([N-]c1ncnc2nc[nH]c12)c1cc2ccccc2nc1-c1ccccn1. The van der Waals surface area contributed by atoms with Gasteiger partial charge in [0.1, 0.15) is 0 Å². The largest absolute Gasteiger partial charge is 0.456 e. The molecule has 0 aliphatic rings. The highest BCUT2D eigenvalue weighted by atomic mass is 15.1. The molecule has 7 nitrogen and oxygen atoms in total. The highest BCUT2D eigenvalue weighted by Crippen LogP contribution is 2.37. The summed E-state index contributed by atoms with van der Waals surface area (Å²) in [5.41, 5.74) is 4.89. The number of para-hydroxylation sites is 1.